The zero-order valence-electron chi connectivity index (χ0n) is 15.8. The van der Waals surface area contributed by atoms with Crippen LogP contribution in [0.25, 0.3) is 0 Å². The van der Waals surface area contributed by atoms with Gasteiger partial charge in [-0.05, 0) is 48.5 Å². The minimum absolute atomic E-state index is 0.0422. The number of benzene rings is 2. The van der Waals surface area contributed by atoms with Gasteiger partial charge in [-0.2, -0.15) is 0 Å². The van der Waals surface area contributed by atoms with E-state index >= 15 is 0 Å². The number of carbonyl (C=O) groups is 1. The second-order valence-electron chi connectivity index (χ2n) is 6.36. The molecule has 3 aromatic rings. The molecule has 9 heteroatoms. The first-order valence-electron chi connectivity index (χ1n) is 8.58. The number of nitrogens with one attached hydrogen (secondary N) is 2. The summed E-state index contributed by atoms with van der Waals surface area (Å²) in [5.74, 6) is 0.290. The summed E-state index contributed by atoms with van der Waals surface area (Å²) < 4.78 is 27.8. The van der Waals surface area contributed by atoms with Crippen LogP contribution in [0.4, 0.5) is 17.2 Å². The minimum Gasteiger partial charge on any atom is -0.363 e. The quantitative estimate of drug-likeness (QED) is 0.619. The number of para-hydroxylation sites is 1. The molecule has 1 amide bonds. The van der Waals surface area contributed by atoms with Crippen LogP contribution in [0, 0.1) is 0 Å². The average Bonchev–Trinajstić information content (AvgIpc) is 2.69. The van der Waals surface area contributed by atoms with Gasteiger partial charge in [-0.1, -0.05) is 23.7 Å². The third-order valence-electron chi connectivity index (χ3n) is 4.00. The normalized spacial score (nSPS) is 11.0. The van der Waals surface area contributed by atoms with Gasteiger partial charge in [0.2, 0.25) is 0 Å². The van der Waals surface area contributed by atoms with Crippen LogP contribution in [0.15, 0.2) is 71.8 Å². The Morgan fingerprint density at radius 3 is 2.31 bits per heavy atom. The van der Waals surface area contributed by atoms with Crippen LogP contribution in [0.1, 0.15) is 10.4 Å². The highest BCUT2D eigenvalue weighted by atomic mass is 35.5. The maximum atomic E-state index is 12.7. The maximum absolute atomic E-state index is 12.7. The van der Waals surface area contributed by atoms with Crippen molar-refractivity contribution >= 4 is 44.7 Å². The molecule has 0 fully saturated rings. The lowest BCUT2D eigenvalue weighted by Gasteiger charge is -2.14. The molecule has 0 aliphatic heterocycles. The molecular weight excluding hydrogens is 412 g/mol. The van der Waals surface area contributed by atoms with Gasteiger partial charge in [0, 0.05) is 19.1 Å². The first-order chi connectivity index (χ1) is 13.8. The predicted octanol–water partition coefficient (Wildman–Crippen LogP) is 3.85. The Bertz CT molecular complexity index is 1120. The highest BCUT2D eigenvalue weighted by molar-refractivity contribution is 7.92. The predicted molar refractivity (Wildman–Crippen MR) is 115 cm³/mol. The number of aromatic nitrogens is 1. The summed E-state index contributed by atoms with van der Waals surface area (Å²) in [7, 11) is -0.151. The van der Waals surface area contributed by atoms with Crippen LogP contribution in [-0.4, -0.2) is 33.4 Å². The molecule has 0 unspecified atom stereocenters. The van der Waals surface area contributed by atoms with Gasteiger partial charge in [-0.25, -0.2) is 13.4 Å². The molecule has 2 N–H and O–H groups in total. The topological polar surface area (TPSA) is 91.4 Å². The molecule has 0 radical (unpaired) electrons. The van der Waals surface area contributed by atoms with Crippen molar-refractivity contribution in [2.75, 3.05) is 29.0 Å². The highest BCUT2D eigenvalue weighted by Crippen LogP contribution is 2.22. The Morgan fingerprint density at radius 1 is 1.00 bits per heavy atom. The van der Waals surface area contributed by atoms with E-state index in [4.69, 9.17) is 11.6 Å². The fourth-order valence-electron chi connectivity index (χ4n) is 2.51. The number of anilines is 3. The van der Waals surface area contributed by atoms with E-state index in [0.29, 0.717) is 10.7 Å². The third-order valence-corrected chi connectivity index (χ3v) is 5.64. The lowest BCUT2D eigenvalue weighted by atomic mass is 10.1. The van der Waals surface area contributed by atoms with E-state index in [1.54, 1.807) is 24.3 Å². The van der Waals surface area contributed by atoms with Gasteiger partial charge >= 0.3 is 0 Å². The lowest BCUT2D eigenvalue weighted by Crippen LogP contribution is -2.19. The molecule has 150 valence electrons. The van der Waals surface area contributed by atoms with Crippen molar-refractivity contribution in [3.63, 3.8) is 0 Å². The van der Waals surface area contributed by atoms with Crippen LogP contribution in [0.2, 0.25) is 5.02 Å². The van der Waals surface area contributed by atoms with E-state index in [-0.39, 0.29) is 16.1 Å². The minimum atomic E-state index is -3.88. The van der Waals surface area contributed by atoms with E-state index in [2.05, 4.69) is 15.0 Å². The number of hydrogen-bond acceptors (Lipinski definition) is 5. The molecule has 1 heterocycles. The number of rotatable bonds is 6. The van der Waals surface area contributed by atoms with Crippen LogP contribution in [0.3, 0.4) is 0 Å². The number of hydrogen-bond donors (Lipinski definition) is 2. The van der Waals surface area contributed by atoms with Crippen molar-refractivity contribution in [2.24, 2.45) is 0 Å². The molecule has 2 aromatic carbocycles. The van der Waals surface area contributed by atoms with Crippen molar-refractivity contribution in [3.8, 4) is 0 Å². The molecule has 0 aliphatic rings. The SMILES string of the molecule is CN(C)c1ccc(NC(=O)c2ccccc2NS(=O)(=O)c2ccc(Cl)cc2)cn1. The van der Waals surface area contributed by atoms with E-state index < -0.39 is 15.9 Å². The van der Waals surface area contributed by atoms with Gasteiger partial charge in [0.1, 0.15) is 5.82 Å². The molecule has 29 heavy (non-hydrogen) atoms. The highest BCUT2D eigenvalue weighted by Gasteiger charge is 2.19. The number of amides is 1. The molecular formula is C20H19ClN4O3S. The van der Waals surface area contributed by atoms with Crippen molar-refractivity contribution in [3.05, 3.63) is 77.4 Å². The van der Waals surface area contributed by atoms with E-state index in [1.807, 2.05) is 19.0 Å². The smallest absolute Gasteiger partial charge is 0.261 e. The van der Waals surface area contributed by atoms with Gasteiger partial charge in [0.15, 0.2) is 0 Å². The number of carbonyl (C=O) groups excluding carboxylic acids is 1. The second-order valence-corrected chi connectivity index (χ2v) is 8.48. The first-order valence-corrected chi connectivity index (χ1v) is 10.4. The van der Waals surface area contributed by atoms with Gasteiger partial charge in [-0.3, -0.25) is 9.52 Å². The van der Waals surface area contributed by atoms with Crippen molar-refractivity contribution < 1.29 is 13.2 Å². The van der Waals surface area contributed by atoms with Gasteiger partial charge < -0.3 is 10.2 Å². The summed E-state index contributed by atoms with van der Waals surface area (Å²) in [4.78, 5) is 18.8. The second kappa shape index (κ2) is 8.50. The standard InChI is InChI=1S/C20H19ClN4O3S/c1-25(2)19-12-9-15(13-22-19)23-20(26)17-5-3-4-6-18(17)24-29(27,28)16-10-7-14(21)8-11-16/h3-13,24H,1-2H3,(H,23,26). The summed E-state index contributed by atoms with van der Waals surface area (Å²) in [6, 6.07) is 15.6. The third kappa shape index (κ3) is 5.04. The number of nitrogens with zero attached hydrogens (tertiary/aromatic N) is 2. The molecule has 1 aromatic heterocycles. The van der Waals surface area contributed by atoms with E-state index in [1.165, 1.54) is 42.6 Å². The number of pyridine rings is 1. The van der Waals surface area contributed by atoms with Crippen molar-refractivity contribution in [2.45, 2.75) is 4.90 Å². The Balaban J connectivity index is 1.82. The molecule has 7 nitrogen and oxygen atoms in total. The van der Waals surface area contributed by atoms with E-state index in [0.717, 1.165) is 5.82 Å². The van der Waals surface area contributed by atoms with Crippen molar-refractivity contribution in [1.82, 2.24) is 4.98 Å². The van der Waals surface area contributed by atoms with Crippen molar-refractivity contribution in [1.29, 1.82) is 0 Å². The maximum Gasteiger partial charge on any atom is 0.261 e. The molecule has 3 rings (SSSR count). The number of sulfonamides is 1. The summed E-state index contributed by atoms with van der Waals surface area (Å²) in [6.45, 7) is 0. The van der Waals surface area contributed by atoms with Gasteiger partial charge in [0.05, 0.1) is 28.0 Å². The lowest BCUT2D eigenvalue weighted by molar-refractivity contribution is 0.102. The fraction of sp³-hybridized carbons (Fsp3) is 0.100. The Labute approximate surface area is 174 Å². The van der Waals surface area contributed by atoms with Gasteiger partial charge in [0.25, 0.3) is 15.9 Å². The summed E-state index contributed by atoms with van der Waals surface area (Å²) >= 11 is 5.82. The van der Waals surface area contributed by atoms with Crippen LogP contribution < -0.4 is 14.9 Å². The zero-order chi connectivity index (χ0) is 21.0. The van der Waals surface area contributed by atoms with E-state index in [9.17, 15) is 13.2 Å². The fourth-order valence-corrected chi connectivity index (χ4v) is 3.72. The molecule has 0 atom stereocenters. The average molecular weight is 431 g/mol. The molecule has 0 saturated carbocycles. The zero-order valence-corrected chi connectivity index (χ0v) is 17.3. The Hall–Kier alpha value is -3.10. The summed E-state index contributed by atoms with van der Waals surface area (Å²) in [6.07, 6.45) is 1.54. The summed E-state index contributed by atoms with van der Waals surface area (Å²) in [5.41, 5.74) is 0.843. The Morgan fingerprint density at radius 2 is 1.69 bits per heavy atom. The van der Waals surface area contributed by atoms with Crippen LogP contribution >= 0.6 is 11.6 Å². The monoisotopic (exact) mass is 430 g/mol. The molecule has 0 bridgehead atoms. The van der Waals surface area contributed by atoms with Gasteiger partial charge in [-0.15, -0.1) is 0 Å². The van der Waals surface area contributed by atoms with Crippen LogP contribution in [0.5, 0.6) is 0 Å². The first kappa shape index (κ1) is 20.6. The number of halogens is 1. The Kier molecular flexibility index (Phi) is 6.05. The summed E-state index contributed by atoms with van der Waals surface area (Å²) in [5, 5.41) is 3.15. The molecule has 0 aliphatic carbocycles. The largest absolute Gasteiger partial charge is 0.363 e. The van der Waals surface area contributed by atoms with Crippen LogP contribution in [-0.2, 0) is 10.0 Å². The molecule has 0 spiro atoms. The molecule has 0 saturated heterocycles.